The van der Waals surface area contributed by atoms with E-state index in [1.165, 1.54) is 32.7 Å². The van der Waals surface area contributed by atoms with E-state index in [0.29, 0.717) is 29.8 Å². The van der Waals surface area contributed by atoms with Crippen LogP contribution in [0.1, 0.15) is 119 Å². The summed E-state index contributed by atoms with van der Waals surface area (Å²) in [6.45, 7) is 23.9. The predicted octanol–water partition coefficient (Wildman–Crippen LogP) is 4.34. The van der Waals surface area contributed by atoms with Crippen molar-refractivity contribution in [2.45, 2.75) is 181 Å². The number of hydrogen-bond acceptors (Lipinski definition) is 18. The molecule has 0 aromatic carbocycles. The molecule has 26 heteroatoms. The van der Waals surface area contributed by atoms with Gasteiger partial charge >= 0.3 is 11.4 Å². The van der Waals surface area contributed by atoms with Gasteiger partial charge in [-0.1, -0.05) is 13.8 Å². The van der Waals surface area contributed by atoms with E-state index in [4.69, 9.17) is 38.1 Å². The molecule has 394 valence electrons. The molecule has 24 nitrogen and oxygen atoms in total. The highest BCUT2D eigenvalue weighted by Crippen LogP contribution is 2.58. The topological polar surface area (TPSA) is 271 Å². The molecule has 0 radical (unpaired) electrons. The number of rotatable bonds is 21. The molecule has 10 atom stereocenters. The van der Waals surface area contributed by atoms with Gasteiger partial charge in [-0.25, -0.2) is 28.6 Å². The van der Waals surface area contributed by atoms with Crippen LogP contribution in [0.3, 0.4) is 0 Å². The van der Waals surface area contributed by atoms with Crippen LogP contribution in [0.5, 0.6) is 0 Å². The van der Waals surface area contributed by atoms with Crippen molar-refractivity contribution in [1.82, 2.24) is 53.0 Å². The van der Waals surface area contributed by atoms with Crippen LogP contribution in [0.25, 0.3) is 5.82 Å². The number of fused-ring (bicyclic) bond motifs is 4. The van der Waals surface area contributed by atoms with Crippen molar-refractivity contribution in [2.75, 3.05) is 27.3 Å². The van der Waals surface area contributed by atoms with Gasteiger partial charge in [-0.15, -0.1) is 0 Å². The van der Waals surface area contributed by atoms with Gasteiger partial charge in [0.1, 0.15) is 36.9 Å². The van der Waals surface area contributed by atoms with E-state index in [2.05, 4.69) is 41.5 Å². The summed E-state index contributed by atoms with van der Waals surface area (Å²) < 4.78 is 46.5. The maximum Gasteiger partial charge on any atom is 0.351 e. The van der Waals surface area contributed by atoms with Gasteiger partial charge in [0.05, 0.1) is 38.2 Å². The first-order valence-corrected chi connectivity index (χ1v) is 26.5. The van der Waals surface area contributed by atoms with Crippen molar-refractivity contribution < 1.29 is 37.2 Å². The number of H-pyrrole nitrogens is 1. The second-order valence-electron chi connectivity index (χ2n) is 19.2. The SMILES string of the molecule is CC[C@@]12O[C@@H](n3cc(C)c(-n4cncn4)nc3=O)[C@H](C1OP(OCCC#N)N(C(C)C)C(C)C)N(C)C2=O.CC[C@@]12O[C@@H](n3cc(C)c(=O)[nH]c3=O)[C@H](C1OP(OCCC#N)N(C(C)C)C(C)C)N(C)C2=O. The predicted molar refractivity (Wildman–Crippen MR) is 264 cm³/mol. The summed E-state index contributed by atoms with van der Waals surface area (Å²) in [5.74, 6) is -0.0489. The number of likely N-dealkylation sites (N-methyl/N-ethyl adjacent to an activating group) is 2. The molecule has 4 aliphatic heterocycles. The van der Waals surface area contributed by atoms with Crippen LogP contribution in [0, 0.1) is 36.5 Å². The van der Waals surface area contributed by atoms with Crippen molar-refractivity contribution in [3.8, 4) is 18.0 Å². The Hall–Kier alpha value is -4.84. The van der Waals surface area contributed by atoms with E-state index in [-0.39, 0.29) is 62.0 Å². The molecule has 0 aliphatic carbocycles. The number of likely N-dealkylation sites (tertiary alicyclic amines) is 2. The molecule has 7 rings (SSSR count). The zero-order valence-corrected chi connectivity index (χ0v) is 45.4. The van der Waals surface area contributed by atoms with Crippen LogP contribution >= 0.6 is 17.1 Å². The second-order valence-corrected chi connectivity index (χ2v) is 22.0. The Morgan fingerprint density at radius 2 is 1.18 bits per heavy atom. The Morgan fingerprint density at radius 1 is 0.736 bits per heavy atom. The number of nitrogens with zero attached hydrogens (tertiary/aromatic N) is 12. The number of morpholine rings is 2. The largest absolute Gasteiger partial charge is 0.351 e. The molecule has 4 bridgehead atoms. The first-order valence-electron chi connectivity index (χ1n) is 24.2. The number of amides is 2. The molecule has 72 heavy (non-hydrogen) atoms. The first-order chi connectivity index (χ1) is 34.1. The van der Waals surface area contributed by atoms with Crippen LogP contribution < -0.4 is 16.9 Å². The fraction of sp³-hybridized carbons (Fsp3) is 0.696. The number of aromatic amines is 1. The normalized spacial score (nSPS) is 26.4. The van der Waals surface area contributed by atoms with Crippen molar-refractivity contribution in [1.29, 1.82) is 10.5 Å². The number of ether oxygens (including phenoxy) is 2. The van der Waals surface area contributed by atoms with Crippen LogP contribution in [0.4, 0.5) is 0 Å². The third-order valence-electron chi connectivity index (χ3n) is 13.3. The minimum atomic E-state index is -1.64. The van der Waals surface area contributed by atoms with Crippen molar-refractivity contribution in [2.24, 2.45) is 0 Å². The lowest BCUT2D eigenvalue weighted by molar-refractivity contribution is -0.176. The molecule has 0 spiro atoms. The highest BCUT2D eigenvalue weighted by molar-refractivity contribution is 7.44. The Labute approximate surface area is 422 Å². The highest BCUT2D eigenvalue weighted by Gasteiger charge is 2.71. The number of aryl methyl sites for hydroxylation is 2. The summed E-state index contributed by atoms with van der Waals surface area (Å²) >= 11 is 0. The number of carbonyl (C=O) groups excluding carboxylic acids is 2. The lowest BCUT2D eigenvalue weighted by Gasteiger charge is -2.38. The van der Waals surface area contributed by atoms with E-state index in [1.54, 1.807) is 37.0 Å². The molecule has 2 amide bonds. The molecule has 7 heterocycles. The van der Waals surface area contributed by atoms with E-state index in [0.717, 1.165) is 0 Å². The van der Waals surface area contributed by atoms with Crippen LogP contribution in [-0.2, 0) is 37.2 Å². The number of aromatic nitrogens is 7. The summed E-state index contributed by atoms with van der Waals surface area (Å²) in [4.78, 5) is 78.1. The lowest BCUT2D eigenvalue weighted by atomic mass is 9.96. The summed E-state index contributed by atoms with van der Waals surface area (Å²) in [6.07, 6.45) is 3.99. The Balaban J connectivity index is 0.000000237. The lowest BCUT2D eigenvalue weighted by Crippen LogP contribution is -2.50. The summed E-state index contributed by atoms with van der Waals surface area (Å²) in [6, 6.07) is 3.32. The molecule has 4 unspecified atom stereocenters. The van der Waals surface area contributed by atoms with E-state index >= 15 is 0 Å². The fourth-order valence-electron chi connectivity index (χ4n) is 10.0. The summed E-state index contributed by atoms with van der Waals surface area (Å²) in [7, 11) is 0.0813. The maximum absolute atomic E-state index is 13.5. The first kappa shape index (κ1) is 56.5. The van der Waals surface area contributed by atoms with Crippen LogP contribution in [0.15, 0.2) is 39.4 Å². The third-order valence-corrected chi connectivity index (χ3v) is 17.5. The average Bonchev–Trinajstić information content (AvgIpc) is 4.12. The van der Waals surface area contributed by atoms with E-state index in [9.17, 15) is 24.0 Å². The van der Waals surface area contributed by atoms with Gasteiger partial charge < -0.3 is 37.4 Å². The average molecular weight is 1040 g/mol. The van der Waals surface area contributed by atoms with Crippen LogP contribution in [-0.4, -0.2) is 152 Å². The molecule has 1 N–H and O–H groups in total. The van der Waals surface area contributed by atoms with Crippen LogP contribution in [0.2, 0.25) is 0 Å². The zero-order valence-electron chi connectivity index (χ0n) is 43.6. The van der Waals surface area contributed by atoms with Crippen molar-refractivity contribution in [3.05, 3.63) is 67.5 Å². The number of hydrogen-bond donors (Lipinski definition) is 1. The van der Waals surface area contributed by atoms with Gasteiger partial charge in [0.15, 0.2) is 29.5 Å². The van der Waals surface area contributed by atoms with Gasteiger partial charge in [-0.3, -0.25) is 28.5 Å². The van der Waals surface area contributed by atoms with Gasteiger partial charge in [-0.05, 0) is 82.1 Å². The van der Waals surface area contributed by atoms with Crippen molar-refractivity contribution in [3.63, 3.8) is 0 Å². The van der Waals surface area contributed by atoms with Gasteiger partial charge in [0.2, 0.25) is 0 Å². The molecular weight excluding hydrogens is 973 g/mol. The standard InChI is InChI=1S/C24H35N8O5P.C22H34N5O6P/c1-8-24-19(37-38(35-11-9-10-25)32(15(2)3)16(4)5)18(29(7)22(24)33)21(36-24)30-12-17(6)20(28-23(30)34)31-14-26-13-27-31;1-8-22-17(33-34(31-11-9-10-23)27(13(2)3)14(4)5)16(25(7)20(22)29)19(32-22)26-12-15(6)18(28)24-21(26)30/h12-16,18-19,21H,8-9,11H2,1-7H3;12-14,16-17,19H,8-9,11H2,1-7H3,(H,24,28,30)/t18-,19?,21+,24+,38?;16-,17?,19+,22+,34?/m00/s1. The second kappa shape index (κ2) is 23.1. The smallest absolute Gasteiger partial charge is 0.336 e. The third kappa shape index (κ3) is 10.5. The Bertz CT molecular complexity index is 2650. The van der Waals surface area contributed by atoms with Gasteiger partial charge in [0.25, 0.3) is 34.4 Å². The van der Waals surface area contributed by atoms with E-state index < -0.39 is 81.9 Å². The number of nitrogens with one attached hydrogen (secondary N) is 1. The zero-order chi connectivity index (χ0) is 53.1. The minimum absolute atomic E-state index is 0.0828. The molecule has 4 fully saturated rings. The maximum atomic E-state index is 13.5. The quantitative estimate of drug-likeness (QED) is 0.115. The van der Waals surface area contributed by atoms with E-state index in [1.807, 2.05) is 76.2 Å². The monoisotopic (exact) mass is 1040 g/mol. The summed E-state index contributed by atoms with van der Waals surface area (Å²) in [5, 5.41) is 22.1. The Morgan fingerprint density at radius 3 is 1.58 bits per heavy atom. The van der Waals surface area contributed by atoms with Gasteiger partial charge in [0, 0.05) is 61.8 Å². The fourth-order valence-corrected chi connectivity index (χ4v) is 13.6. The molecular formula is C46H69N13O11P2. The highest BCUT2D eigenvalue weighted by atomic mass is 31.2. The summed E-state index contributed by atoms with van der Waals surface area (Å²) in [5.41, 5.74) is -3.17. The Kier molecular flexibility index (Phi) is 18.2. The number of nitriles is 2. The molecule has 0 saturated carbocycles. The molecule has 4 saturated heterocycles. The number of carbonyl (C=O) groups is 2. The van der Waals surface area contributed by atoms with Gasteiger partial charge in [-0.2, -0.15) is 20.6 Å². The minimum Gasteiger partial charge on any atom is -0.336 e. The van der Waals surface area contributed by atoms with Crippen molar-refractivity contribution >= 4 is 28.9 Å². The molecule has 3 aromatic heterocycles. The molecule has 4 aliphatic rings. The molecule has 3 aromatic rings.